The molecule has 0 aromatic carbocycles. The summed E-state index contributed by atoms with van der Waals surface area (Å²) in [5.41, 5.74) is 2.46. The van der Waals surface area contributed by atoms with Gasteiger partial charge in [-0.1, -0.05) is 0 Å². The van der Waals surface area contributed by atoms with Crippen molar-refractivity contribution in [2.24, 2.45) is 0 Å². The van der Waals surface area contributed by atoms with Crippen molar-refractivity contribution in [1.82, 2.24) is 9.88 Å². The van der Waals surface area contributed by atoms with Gasteiger partial charge in [0.15, 0.2) is 0 Å². The van der Waals surface area contributed by atoms with Gasteiger partial charge in [-0.3, -0.25) is 4.79 Å². The van der Waals surface area contributed by atoms with E-state index >= 15 is 0 Å². The van der Waals surface area contributed by atoms with E-state index < -0.39 is 0 Å². The number of aryl methyl sites for hydroxylation is 2. The number of nitrogens with zero attached hydrogens (tertiary/aromatic N) is 2. The molecule has 13 heavy (non-hydrogen) atoms. The van der Waals surface area contributed by atoms with Crippen LogP contribution in [0.3, 0.4) is 0 Å². The Hall–Kier alpha value is -1.38. The second-order valence-corrected chi connectivity index (χ2v) is 3.37. The summed E-state index contributed by atoms with van der Waals surface area (Å²) in [7, 11) is 3.45. The molecule has 0 bridgehead atoms. The summed E-state index contributed by atoms with van der Waals surface area (Å²) < 4.78 is 0. The fourth-order valence-corrected chi connectivity index (χ4v) is 1.18. The molecule has 1 heterocycles. The monoisotopic (exact) mass is 178 g/mol. The predicted octanol–water partition coefficient (Wildman–Crippen LogP) is 1.40. The highest BCUT2D eigenvalue weighted by molar-refractivity contribution is 5.92. The van der Waals surface area contributed by atoms with Crippen molar-refractivity contribution in [2.45, 2.75) is 13.8 Å². The zero-order chi connectivity index (χ0) is 10.0. The molecule has 3 heteroatoms. The highest BCUT2D eigenvalue weighted by Crippen LogP contribution is 2.05. The molecular formula is C10H14N2O. The maximum Gasteiger partial charge on any atom is 0.271 e. The van der Waals surface area contributed by atoms with Crippen LogP contribution >= 0.6 is 0 Å². The summed E-state index contributed by atoms with van der Waals surface area (Å²) in [6.07, 6.45) is 0. The predicted molar refractivity (Wildman–Crippen MR) is 51.7 cm³/mol. The van der Waals surface area contributed by atoms with Gasteiger partial charge in [0.25, 0.3) is 5.91 Å². The number of hydrogen-bond donors (Lipinski definition) is 0. The summed E-state index contributed by atoms with van der Waals surface area (Å²) in [4.78, 5) is 17.2. The van der Waals surface area contributed by atoms with Crippen LogP contribution in [0.15, 0.2) is 12.1 Å². The van der Waals surface area contributed by atoms with Gasteiger partial charge in [0.05, 0.1) is 0 Å². The van der Waals surface area contributed by atoms with Crippen molar-refractivity contribution in [1.29, 1.82) is 0 Å². The molecule has 0 saturated heterocycles. The number of amides is 1. The summed E-state index contributed by atoms with van der Waals surface area (Å²) in [6, 6.07) is 3.75. The van der Waals surface area contributed by atoms with E-state index in [1.165, 1.54) is 4.90 Å². The summed E-state index contributed by atoms with van der Waals surface area (Å²) in [5.74, 6) is -0.0493. The smallest absolute Gasteiger partial charge is 0.271 e. The summed E-state index contributed by atoms with van der Waals surface area (Å²) in [6.45, 7) is 3.85. The van der Waals surface area contributed by atoms with Crippen LogP contribution in [0.1, 0.15) is 21.7 Å². The van der Waals surface area contributed by atoms with Gasteiger partial charge in [0.1, 0.15) is 5.69 Å². The molecule has 0 fully saturated rings. The Bertz CT molecular complexity index is 311. The lowest BCUT2D eigenvalue weighted by Crippen LogP contribution is -2.23. The topological polar surface area (TPSA) is 33.2 Å². The first-order valence-electron chi connectivity index (χ1n) is 4.17. The van der Waals surface area contributed by atoms with E-state index in [2.05, 4.69) is 4.98 Å². The van der Waals surface area contributed by atoms with Gasteiger partial charge in [-0.25, -0.2) is 4.98 Å². The van der Waals surface area contributed by atoms with Crippen LogP contribution in [0.25, 0.3) is 0 Å². The third-order valence-corrected chi connectivity index (χ3v) is 1.72. The van der Waals surface area contributed by atoms with Gasteiger partial charge in [-0.2, -0.15) is 0 Å². The van der Waals surface area contributed by atoms with E-state index in [4.69, 9.17) is 0 Å². The van der Waals surface area contributed by atoms with E-state index in [0.29, 0.717) is 5.69 Å². The lowest BCUT2D eigenvalue weighted by molar-refractivity contribution is 0.0821. The highest BCUT2D eigenvalue weighted by Gasteiger charge is 2.09. The quantitative estimate of drug-likeness (QED) is 0.651. The van der Waals surface area contributed by atoms with E-state index in [0.717, 1.165) is 11.3 Å². The van der Waals surface area contributed by atoms with Crippen LogP contribution in [-0.4, -0.2) is 29.9 Å². The number of carbonyl (C=O) groups excluding carboxylic acids is 1. The molecule has 0 radical (unpaired) electrons. The Morgan fingerprint density at radius 3 is 2.38 bits per heavy atom. The number of rotatable bonds is 1. The second-order valence-electron chi connectivity index (χ2n) is 3.37. The van der Waals surface area contributed by atoms with Crippen molar-refractivity contribution in [3.8, 4) is 0 Å². The first-order valence-corrected chi connectivity index (χ1v) is 4.17. The molecule has 0 aliphatic heterocycles. The number of pyridine rings is 1. The molecule has 0 saturated carbocycles. The van der Waals surface area contributed by atoms with E-state index in [-0.39, 0.29) is 5.91 Å². The maximum atomic E-state index is 11.5. The Morgan fingerprint density at radius 2 is 1.92 bits per heavy atom. The molecule has 0 unspecified atom stereocenters. The fourth-order valence-electron chi connectivity index (χ4n) is 1.18. The molecule has 70 valence electrons. The van der Waals surface area contributed by atoms with E-state index in [1.54, 1.807) is 20.2 Å². The largest absolute Gasteiger partial charge is 0.343 e. The van der Waals surface area contributed by atoms with Crippen LogP contribution in [0.5, 0.6) is 0 Å². The van der Waals surface area contributed by atoms with Crippen LogP contribution in [0.2, 0.25) is 0 Å². The lowest BCUT2D eigenvalue weighted by atomic mass is 10.2. The fraction of sp³-hybridized carbons (Fsp3) is 0.400. The van der Waals surface area contributed by atoms with Crippen molar-refractivity contribution in [3.05, 3.63) is 29.1 Å². The minimum atomic E-state index is -0.0493. The Labute approximate surface area is 78.4 Å². The molecule has 0 aliphatic carbocycles. The summed E-state index contributed by atoms with van der Waals surface area (Å²) >= 11 is 0. The molecule has 0 N–H and O–H groups in total. The third kappa shape index (κ3) is 2.28. The number of hydrogen-bond acceptors (Lipinski definition) is 2. The van der Waals surface area contributed by atoms with Gasteiger partial charge >= 0.3 is 0 Å². The third-order valence-electron chi connectivity index (χ3n) is 1.72. The molecule has 0 atom stereocenters. The van der Waals surface area contributed by atoms with Crippen LogP contribution < -0.4 is 0 Å². The number of aromatic nitrogens is 1. The Kier molecular flexibility index (Phi) is 2.66. The van der Waals surface area contributed by atoms with Gasteiger partial charge in [-0.05, 0) is 31.5 Å². The highest BCUT2D eigenvalue weighted by atomic mass is 16.2. The van der Waals surface area contributed by atoms with Gasteiger partial charge < -0.3 is 4.90 Å². The van der Waals surface area contributed by atoms with E-state index in [1.807, 2.05) is 19.9 Å². The molecule has 0 aliphatic rings. The standard InChI is InChI=1S/C10H14N2O/c1-7-5-8(2)11-9(6-7)10(13)12(3)4/h5-6H,1-4H3. The molecular weight excluding hydrogens is 164 g/mol. The zero-order valence-electron chi connectivity index (χ0n) is 8.46. The molecule has 1 rings (SSSR count). The van der Waals surface area contributed by atoms with Gasteiger partial charge in [-0.15, -0.1) is 0 Å². The number of carbonyl (C=O) groups is 1. The van der Waals surface area contributed by atoms with Crippen molar-refractivity contribution < 1.29 is 4.79 Å². The molecule has 0 spiro atoms. The SMILES string of the molecule is Cc1cc(C)nc(C(=O)N(C)C)c1. The van der Waals surface area contributed by atoms with Crippen molar-refractivity contribution in [3.63, 3.8) is 0 Å². The first-order chi connectivity index (χ1) is 6.00. The van der Waals surface area contributed by atoms with E-state index in [9.17, 15) is 4.79 Å². The van der Waals surface area contributed by atoms with Gasteiger partial charge in [0.2, 0.25) is 0 Å². The normalized spacial score (nSPS) is 9.85. The minimum absolute atomic E-state index is 0.0493. The molecule has 1 amide bonds. The van der Waals surface area contributed by atoms with Gasteiger partial charge in [0, 0.05) is 19.8 Å². The second kappa shape index (κ2) is 3.56. The maximum absolute atomic E-state index is 11.5. The van der Waals surface area contributed by atoms with Crippen molar-refractivity contribution >= 4 is 5.91 Å². The van der Waals surface area contributed by atoms with Crippen LogP contribution in [0.4, 0.5) is 0 Å². The minimum Gasteiger partial charge on any atom is -0.343 e. The zero-order valence-corrected chi connectivity index (χ0v) is 8.46. The molecule has 3 nitrogen and oxygen atoms in total. The average molecular weight is 178 g/mol. The molecule has 1 aromatic heterocycles. The Balaban J connectivity index is 3.08. The van der Waals surface area contributed by atoms with Crippen molar-refractivity contribution in [2.75, 3.05) is 14.1 Å². The van der Waals surface area contributed by atoms with Crippen LogP contribution in [-0.2, 0) is 0 Å². The molecule has 1 aromatic rings. The Morgan fingerprint density at radius 1 is 1.31 bits per heavy atom. The lowest BCUT2D eigenvalue weighted by Gasteiger charge is -2.10. The first kappa shape index (κ1) is 9.71. The average Bonchev–Trinajstić information content (AvgIpc) is 2.01. The van der Waals surface area contributed by atoms with Crippen LogP contribution in [0, 0.1) is 13.8 Å². The summed E-state index contributed by atoms with van der Waals surface area (Å²) in [5, 5.41) is 0.